The summed E-state index contributed by atoms with van der Waals surface area (Å²) in [7, 11) is 0. The zero-order valence-corrected chi connectivity index (χ0v) is 11.5. The van der Waals surface area contributed by atoms with Crippen molar-refractivity contribution in [2.45, 2.75) is 26.3 Å². The summed E-state index contributed by atoms with van der Waals surface area (Å²) in [6.07, 6.45) is 4.59. The van der Waals surface area contributed by atoms with Crippen LogP contribution in [-0.4, -0.2) is 22.6 Å². The fourth-order valence-electron chi connectivity index (χ4n) is 2.85. The Hall–Kier alpha value is -1.61. The number of aryl methyl sites for hydroxylation is 1. The highest BCUT2D eigenvalue weighted by Crippen LogP contribution is 2.22. The van der Waals surface area contributed by atoms with Crippen molar-refractivity contribution in [3.8, 4) is 11.4 Å². The number of piperidine rings is 1. The second kappa shape index (κ2) is 5.57. The summed E-state index contributed by atoms with van der Waals surface area (Å²) in [5.41, 5.74) is 2.46. The van der Waals surface area contributed by atoms with E-state index >= 15 is 0 Å². The molecule has 1 N–H and O–H groups in total. The summed E-state index contributed by atoms with van der Waals surface area (Å²) in [6.45, 7) is 5.52. The fourth-order valence-corrected chi connectivity index (χ4v) is 2.85. The molecular formula is C16H21N3. The van der Waals surface area contributed by atoms with Crippen molar-refractivity contribution in [1.29, 1.82) is 0 Å². The molecule has 100 valence electrons. The fraction of sp³-hybridized carbons (Fsp3) is 0.438. The largest absolute Gasteiger partial charge is 0.328 e. The standard InChI is InChI=1S/C16H21N3/c1-13-10-18-16(15-7-3-2-4-8-15)19(13)12-14-6-5-9-17-11-14/h2-4,7-8,10,14,17H,5-6,9,11-12H2,1H3. The maximum absolute atomic E-state index is 4.59. The average molecular weight is 255 g/mol. The van der Waals surface area contributed by atoms with Crippen molar-refractivity contribution in [2.75, 3.05) is 13.1 Å². The van der Waals surface area contributed by atoms with Gasteiger partial charge in [-0.3, -0.25) is 0 Å². The molecule has 1 aromatic heterocycles. The number of hydrogen-bond acceptors (Lipinski definition) is 2. The first kappa shape index (κ1) is 12.4. The lowest BCUT2D eigenvalue weighted by molar-refractivity contribution is 0.336. The molecule has 1 unspecified atom stereocenters. The second-order valence-corrected chi connectivity index (χ2v) is 5.41. The van der Waals surface area contributed by atoms with Gasteiger partial charge in [0, 0.05) is 24.0 Å². The Bertz CT molecular complexity index is 524. The smallest absolute Gasteiger partial charge is 0.140 e. The number of benzene rings is 1. The van der Waals surface area contributed by atoms with Crippen LogP contribution >= 0.6 is 0 Å². The Kier molecular flexibility index (Phi) is 3.65. The molecule has 3 rings (SSSR count). The lowest BCUT2D eigenvalue weighted by Crippen LogP contribution is -2.32. The number of nitrogens with one attached hydrogen (secondary N) is 1. The van der Waals surface area contributed by atoms with Crippen LogP contribution in [0.4, 0.5) is 0 Å². The van der Waals surface area contributed by atoms with Crippen molar-refractivity contribution >= 4 is 0 Å². The first-order chi connectivity index (χ1) is 9.34. The summed E-state index contributed by atoms with van der Waals surface area (Å²) in [4.78, 5) is 4.59. The maximum Gasteiger partial charge on any atom is 0.140 e. The van der Waals surface area contributed by atoms with Crippen molar-refractivity contribution in [1.82, 2.24) is 14.9 Å². The number of nitrogens with zero attached hydrogens (tertiary/aromatic N) is 2. The van der Waals surface area contributed by atoms with Crippen LogP contribution < -0.4 is 5.32 Å². The van der Waals surface area contributed by atoms with E-state index in [2.05, 4.69) is 52.1 Å². The zero-order chi connectivity index (χ0) is 13.1. The minimum atomic E-state index is 0.726. The van der Waals surface area contributed by atoms with Gasteiger partial charge in [0.1, 0.15) is 5.82 Å². The van der Waals surface area contributed by atoms with Crippen LogP contribution in [0.25, 0.3) is 11.4 Å². The van der Waals surface area contributed by atoms with E-state index < -0.39 is 0 Å². The van der Waals surface area contributed by atoms with Crippen LogP contribution in [0.2, 0.25) is 0 Å². The highest BCUT2D eigenvalue weighted by molar-refractivity contribution is 5.55. The minimum Gasteiger partial charge on any atom is -0.328 e. The van der Waals surface area contributed by atoms with Gasteiger partial charge >= 0.3 is 0 Å². The van der Waals surface area contributed by atoms with E-state index in [4.69, 9.17) is 0 Å². The van der Waals surface area contributed by atoms with E-state index in [9.17, 15) is 0 Å². The number of imidazole rings is 1. The monoisotopic (exact) mass is 255 g/mol. The molecule has 3 heteroatoms. The predicted molar refractivity (Wildman–Crippen MR) is 78.0 cm³/mol. The Morgan fingerprint density at radius 1 is 1.32 bits per heavy atom. The molecule has 2 aromatic rings. The number of aromatic nitrogens is 2. The third-order valence-electron chi connectivity index (χ3n) is 3.93. The SMILES string of the molecule is Cc1cnc(-c2ccccc2)n1CC1CCCNC1. The summed E-state index contributed by atoms with van der Waals surface area (Å²) in [5, 5.41) is 3.49. The van der Waals surface area contributed by atoms with E-state index in [1.807, 2.05) is 6.20 Å². The first-order valence-corrected chi connectivity index (χ1v) is 7.13. The van der Waals surface area contributed by atoms with Crippen molar-refractivity contribution in [3.63, 3.8) is 0 Å². The number of rotatable bonds is 3. The third-order valence-corrected chi connectivity index (χ3v) is 3.93. The predicted octanol–water partition coefficient (Wildman–Crippen LogP) is 2.86. The Labute approximate surface area is 114 Å². The van der Waals surface area contributed by atoms with Gasteiger partial charge in [-0.15, -0.1) is 0 Å². The molecule has 0 saturated carbocycles. The van der Waals surface area contributed by atoms with Crippen LogP contribution in [0, 0.1) is 12.8 Å². The average Bonchev–Trinajstić information content (AvgIpc) is 2.82. The van der Waals surface area contributed by atoms with Crippen molar-refractivity contribution in [3.05, 3.63) is 42.2 Å². The molecule has 3 nitrogen and oxygen atoms in total. The van der Waals surface area contributed by atoms with E-state index in [0.29, 0.717) is 0 Å². The van der Waals surface area contributed by atoms with Gasteiger partial charge in [-0.2, -0.15) is 0 Å². The Morgan fingerprint density at radius 3 is 2.89 bits per heavy atom. The Morgan fingerprint density at radius 2 is 2.16 bits per heavy atom. The van der Waals surface area contributed by atoms with E-state index in [-0.39, 0.29) is 0 Å². The van der Waals surface area contributed by atoms with Gasteiger partial charge in [0.25, 0.3) is 0 Å². The van der Waals surface area contributed by atoms with E-state index in [1.54, 1.807) is 0 Å². The molecule has 1 fully saturated rings. The lowest BCUT2D eigenvalue weighted by Gasteiger charge is -2.24. The molecule has 0 aliphatic carbocycles. The van der Waals surface area contributed by atoms with Gasteiger partial charge in [-0.25, -0.2) is 4.98 Å². The maximum atomic E-state index is 4.59. The van der Waals surface area contributed by atoms with Gasteiger partial charge in [-0.05, 0) is 38.8 Å². The van der Waals surface area contributed by atoms with Crippen molar-refractivity contribution < 1.29 is 0 Å². The van der Waals surface area contributed by atoms with Crippen LogP contribution in [0.3, 0.4) is 0 Å². The third kappa shape index (κ3) is 2.71. The van der Waals surface area contributed by atoms with Crippen LogP contribution in [-0.2, 0) is 6.54 Å². The summed E-state index contributed by atoms with van der Waals surface area (Å²) in [5.74, 6) is 1.83. The quantitative estimate of drug-likeness (QED) is 0.914. The summed E-state index contributed by atoms with van der Waals surface area (Å²) < 4.78 is 2.37. The highest BCUT2D eigenvalue weighted by Gasteiger charge is 2.17. The van der Waals surface area contributed by atoms with Gasteiger partial charge in [0.2, 0.25) is 0 Å². The second-order valence-electron chi connectivity index (χ2n) is 5.41. The van der Waals surface area contributed by atoms with Gasteiger partial charge < -0.3 is 9.88 Å². The first-order valence-electron chi connectivity index (χ1n) is 7.13. The van der Waals surface area contributed by atoms with E-state index in [1.165, 1.54) is 30.6 Å². The highest BCUT2D eigenvalue weighted by atomic mass is 15.1. The molecule has 0 amide bonds. The van der Waals surface area contributed by atoms with Gasteiger partial charge in [0.15, 0.2) is 0 Å². The van der Waals surface area contributed by atoms with Gasteiger partial charge in [-0.1, -0.05) is 30.3 Å². The molecule has 1 saturated heterocycles. The summed E-state index contributed by atoms with van der Waals surface area (Å²) in [6, 6.07) is 10.5. The zero-order valence-electron chi connectivity index (χ0n) is 11.5. The molecule has 1 aromatic carbocycles. The topological polar surface area (TPSA) is 29.9 Å². The molecular weight excluding hydrogens is 234 g/mol. The van der Waals surface area contributed by atoms with Crippen LogP contribution in [0.5, 0.6) is 0 Å². The van der Waals surface area contributed by atoms with Crippen LogP contribution in [0.15, 0.2) is 36.5 Å². The summed E-state index contributed by atoms with van der Waals surface area (Å²) >= 11 is 0. The van der Waals surface area contributed by atoms with Gasteiger partial charge in [0.05, 0.1) is 0 Å². The molecule has 1 aliphatic rings. The lowest BCUT2D eigenvalue weighted by atomic mass is 9.99. The molecule has 1 atom stereocenters. The number of hydrogen-bond donors (Lipinski definition) is 1. The molecule has 0 bridgehead atoms. The molecule has 0 radical (unpaired) electrons. The molecule has 19 heavy (non-hydrogen) atoms. The van der Waals surface area contributed by atoms with Crippen LogP contribution in [0.1, 0.15) is 18.5 Å². The minimum absolute atomic E-state index is 0.726. The normalized spacial score (nSPS) is 19.5. The van der Waals surface area contributed by atoms with Crippen molar-refractivity contribution in [2.24, 2.45) is 5.92 Å². The molecule has 1 aliphatic heterocycles. The molecule has 2 heterocycles. The molecule has 0 spiro atoms. The van der Waals surface area contributed by atoms with E-state index in [0.717, 1.165) is 24.8 Å². The Balaban J connectivity index is 1.86.